The first-order valence-electron chi connectivity index (χ1n) is 7.84. The standard InChI is InChI=1S/C18H21N3O3/c1-3-20(13-15-8-5-4-6-9-15)14(2)18(22)19-16-10-7-11-17(12-16)21(23)24/h4-12,14H,3,13H2,1-2H3,(H,19,22). The summed E-state index contributed by atoms with van der Waals surface area (Å²) in [6.45, 7) is 5.22. The van der Waals surface area contributed by atoms with Crippen molar-refractivity contribution in [2.45, 2.75) is 26.4 Å². The summed E-state index contributed by atoms with van der Waals surface area (Å²) in [6, 6.07) is 15.5. The summed E-state index contributed by atoms with van der Waals surface area (Å²) < 4.78 is 0. The van der Waals surface area contributed by atoms with Gasteiger partial charge in [0, 0.05) is 24.4 Å². The molecule has 0 saturated heterocycles. The lowest BCUT2D eigenvalue weighted by atomic mass is 10.1. The molecule has 0 aliphatic rings. The van der Waals surface area contributed by atoms with E-state index in [1.807, 2.05) is 49.1 Å². The number of carbonyl (C=O) groups is 1. The number of benzene rings is 2. The predicted octanol–water partition coefficient (Wildman–Crippen LogP) is 3.44. The van der Waals surface area contributed by atoms with Crippen molar-refractivity contribution in [1.29, 1.82) is 0 Å². The minimum Gasteiger partial charge on any atom is -0.324 e. The third-order valence-electron chi connectivity index (χ3n) is 3.89. The number of nitro benzene ring substituents is 1. The third-order valence-corrected chi connectivity index (χ3v) is 3.89. The van der Waals surface area contributed by atoms with Crippen LogP contribution in [-0.4, -0.2) is 28.3 Å². The highest BCUT2D eigenvalue weighted by atomic mass is 16.6. The van der Waals surface area contributed by atoms with Gasteiger partial charge in [-0.25, -0.2) is 0 Å². The largest absolute Gasteiger partial charge is 0.324 e. The lowest BCUT2D eigenvalue weighted by Gasteiger charge is -2.27. The van der Waals surface area contributed by atoms with Gasteiger partial charge in [0.25, 0.3) is 5.69 Å². The average Bonchev–Trinajstić information content (AvgIpc) is 2.60. The number of nitro groups is 1. The van der Waals surface area contributed by atoms with E-state index in [9.17, 15) is 14.9 Å². The van der Waals surface area contributed by atoms with E-state index < -0.39 is 4.92 Å². The van der Waals surface area contributed by atoms with Crippen molar-refractivity contribution in [3.8, 4) is 0 Å². The molecule has 0 fully saturated rings. The number of hydrogen-bond donors (Lipinski definition) is 1. The van der Waals surface area contributed by atoms with Gasteiger partial charge in [0.15, 0.2) is 0 Å². The van der Waals surface area contributed by atoms with Crippen LogP contribution in [0.2, 0.25) is 0 Å². The molecule has 0 aromatic heterocycles. The molecule has 0 spiro atoms. The first-order chi connectivity index (χ1) is 11.5. The first kappa shape index (κ1) is 17.6. The zero-order chi connectivity index (χ0) is 17.5. The van der Waals surface area contributed by atoms with Gasteiger partial charge >= 0.3 is 0 Å². The Morgan fingerprint density at radius 3 is 2.54 bits per heavy atom. The molecule has 1 amide bonds. The molecule has 1 unspecified atom stereocenters. The van der Waals surface area contributed by atoms with Crippen LogP contribution in [0.3, 0.4) is 0 Å². The Hall–Kier alpha value is -2.73. The molecule has 1 atom stereocenters. The third kappa shape index (κ3) is 4.63. The molecule has 0 saturated carbocycles. The highest BCUT2D eigenvalue weighted by Gasteiger charge is 2.20. The summed E-state index contributed by atoms with van der Waals surface area (Å²) in [5.41, 5.74) is 1.52. The van der Waals surface area contributed by atoms with Crippen LogP contribution in [0.15, 0.2) is 54.6 Å². The van der Waals surface area contributed by atoms with E-state index in [1.165, 1.54) is 12.1 Å². The molecule has 2 rings (SSSR count). The second-order valence-corrected chi connectivity index (χ2v) is 5.52. The molecule has 0 heterocycles. The minimum atomic E-state index is -0.479. The Labute approximate surface area is 141 Å². The number of rotatable bonds is 7. The van der Waals surface area contributed by atoms with E-state index in [0.717, 1.165) is 12.1 Å². The maximum atomic E-state index is 12.5. The van der Waals surface area contributed by atoms with Crippen molar-refractivity contribution in [2.24, 2.45) is 0 Å². The van der Waals surface area contributed by atoms with Gasteiger partial charge in [-0.1, -0.05) is 43.3 Å². The number of amides is 1. The molecule has 2 aromatic rings. The maximum absolute atomic E-state index is 12.5. The Balaban J connectivity index is 2.04. The predicted molar refractivity (Wildman–Crippen MR) is 93.7 cm³/mol. The fourth-order valence-electron chi connectivity index (χ4n) is 2.45. The molecule has 2 aromatic carbocycles. The highest BCUT2D eigenvalue weighted by molar-refractivity contribution is 5.94. The summed E-state index contributed by atoms with van der Waals surface area (Å²) in [4.78, 5) is 24.8. The van der Waals surface area contributed by atoms with E-state index in [0.29, 0.717) is 12.2 Å². The monoisotopic (exact) mass is 327 g/mol. The Kier molecular flexibility index (Phi) is 6.03. The van der Waals surface area contributed by atoms with Crippen LogP contribution in [0.5, 0.6) is 0 Å². The van der Waals surface area contributed by atoms with Gasteiger partial charge in [0.05, 0.1) is 11.0 Å². The van der Waals surface area contributed by atoms with Gasteiger partial charge in [-0.05, 0) is 25.1 Å². The van der Waals surface area contributed by atoms with Crippen molar-refractivity contribution in [2.75, 3.05) is 11.9 Å². The molecule has 0 aliphatic carbocycles. The van der Waals surface area contributed by atoms with Gasteiger partial charge in [0.2, 0.25) is 5.91 Å². The maximum Gasteiger partial charge on any atom is 0.271 e. The normalized spacial score (nSPS) is 12.0. The van der Waals surface area contributed by atoms with Crippen LogP contribution in [0.1, 0.15) is 19.4 Å². The summed E-state index contributed by atoms with van der Waals surface area (Å²) in [7, 11) is 0. The quantitative estimate of drug-likeness (QED) is 0.624. The number of nitrogens with one attached hydrogen (secondary N) is 1. The van der Waals surface area contributed by atoms with Crippen LogP contribution in [0, 0.1) is 10.1 Å². The highest BCUT2D eigenvalue weighted by Crippen LogP contribution is 2.18. The van der Waals surface area contributed by atoms with E-state index in [2.05, 4.69) is 5.32 Å². The first-order valence-corrected chi connectivity index (χ1v) is 7.84. The van der Waals surface area contributed by atoms with Crippen LogP contribution >= 0.6 is 0 Å². The summed E-state index contributed by atoms with van der Waals surface area (Å²) in [6.07, 6.45) is 0. The molecule has 1 N–H and O–H groups in total. The SMILES string of the molecule is CCN(Cc1ccccc1)C(C)C(=O)Nc1cccc([N+](=O)[O-])c1. The Bertz CT molecular complexity index is 704. The lowest BCUT2D eigenvalue weighted by molar-refractivity contribution is -0.384. The van der Waals surface area contributed by atoms with Crippen molar-refractivity contribution in [3.05, 3.63) is 70.3 Å². The van der Waals surface area contributed by atoms with E-state index in [1.54, 1.807) is 12.1 Å². The van der Waals surface area contributed by atoms with Gasteiger partial charge in [-0.15, -0.1) is 0 Å². The second-order valence-electron chi connectivity index (χ2n) is 5.52. The van der Waals surface area contributed by atoms with Gasteiger partial charge in [-0.2, -0.15) is 0 Å². The number of carbonyl (C=O) groups excluding carboxylic acids is 1. The van der Waals surface area contributed by atoms with Crippen molar-refractivity contribution in [3.63, 3.8) is 0 Å². The van der Waals surface area contributed by atoms with Crippen molar-refractivity contribution >= 4 is 17.3 Å². The minimum absolute atomic E-state index is 0.0444. The summed E-state index contributed by atoms with van der Waals surface area (Å²) >= 11 is 0. The molecular formula is C18H21N3O3. The summed E-state index contributed by atoms with van der Waals surface area (Å²) in [5, 5.41) is 13.6. The van der Waals surface area contributed by atoms with Crippen LogP contribution in [0.25, 0.3) is 0 Å². The van der Waals surface area contributed by atoms with E-state index in [4.69, 9.17) is 0 Å². The Morgan fingerprint density at radius 1 is 1.21 bits per heavy atom. The number of nitrogens with zero attached hydrogens (tertiary/aromatic N) is 2. The topological polar surface area (TPSA) is 75.5 Å². The van der Waals surface area contributed by atoms with Gasteiger partial charge < -0.3 is 5.32 Å². The van der Waals surface area contributed by atoms with Crippen LogP contribution in [-0.2, 0) is 11.3 Å². The number of hydrogen-bond acceptors (Lipinski definition) is 4. The Morgan fingerprint density at radius 2 is 1.92 bits per heavy atom. The fraction of sp³-hybridized carbons (Fsp3) is 0.278. The number of non-ortho nitro benzene ring substituents is 1. The molecular weight excluding hydrogens is 306 g/mol. The molecule has 126 valence electrons. The lowest BCUT2D eigenvalue weighted by Crippen LogP contribution is -2.41. The van der Waals surface area contributed by atoms with E-state index in [-0.39, 0.29) is 17.6 Å². The smallest absolute Gasteiger partial charge is 0.271 e. The average molecular weight is 327 g/mol. The number of anilines is 1. The van der Waals surface area contributed by atoms with Gasteiger partial charge in [0.1, 0.15) is 0 Å². The van der Waals surface area contributed by atoms with Crippen LogP contribution < -0.4 is 5.32 Å². The molecule has 0 radical (unpaired) electrons. The zero-order valence-electron chi connectivity index (χ0n) is 13.8. The van der Waals surface area contributed by atoms with Gasteiger partial charge in [-0.3, -0.25) is 19.8 Å². The molecule has 0 aliphatic heterocycles. The number of likely N-dealkylation sites (N-methyl/N-ethyl adjacent to an activating group) is 1. The zero-order valence-corrected chi connectivity index (χ0v) is 13.8. The second kappa shape index (κ2) is 8.21. The molecule has 24 heavy (non-hydrogen) atoms. The summed E-state index contributed by atoms with van der Waals surface area (Å²) in [5.74, 6) is -0.187. The fourth-order valence-corrected chi connectivity index (χ4v) is 2.45. The van der Waals surface area contributed by atoms with E-state index >= 15 is 0 Å². The molecule has 0 bridgehead atoms. The van der Waals surface area contributed by atoms with Crippen LogP contribution in [0.4, 0.5) is 11.4 Å². The molecule has 6 nitrogen and oxygen atoms in total. The molecule has 6 heteroatoms. The van der Waals surface area contributed by atoms with Crippen molar-refractivity contribution in [1.82, 2.24) is 4.90 Å². The van der Waals surface area contributed by atoms with Crippen molar-refractivity contribution < 1.29 is 9.72 Å².